The molecular formula is C30H34N4O7. The highest BCUT2D eigenvalue weighted by Crippen LogP contribution is 2.28. The third-order valence-corrected chi connectivity index (χ3v) is 6.86. The van der Waals surface area contributed by atoms with Gasteiger partial charge < -0.3 is 35.6 Å². The van der Waals surface area contributed by atoms with Crippen LogP contribution in [-0.4, -0.2) is 72.4 Å². The highest BCUT2D eigenvalue weighted by molar-refractivity contribution is 5.94. The predicted molar refractivity (Wildman–Crippen MR) is 153 cm³/mol. The molecule has 0 aliphatic carbocycles. The molecule has 1 aliphatic heterocycles. The van der Waals surface area contributed by atoms with E-state index >= 15 is 0 Å². The molecular weight excluding hydrogens is 528 g/mol. The fourth-order valence-corrected chi connectivity index (χ4v) is 4.73. The number of rotatable bonds is 11. The van der Waals surface area contributed by atoms with Gasteiger partial charge >= 0.3 is 12.0 Å². The Labute approximate surface area is 238 Å². The van der Waals surface area contributed by atoms with E-state index in [0.29, 0.717) is 30.3 Å². The number of nitrogens with zero attached hydrogens (tertiary/aromatic N) is 1. The summed E-state index contributed by atoms with van der Waals surface area (Å²) >= 11 is 0. The Kier molecular flexibility index (Phi) is 9.64. The van der Waals surface area contributed by atoms with Crippen LogP contribution in [0.15, 0.2) is 66.7 Å². The SMILES string of the molecule is COc1ccc(CN2CCC(NC(=O)[C@H](Cc3ccc(O)cc3)NC(=O)Nc3ccc(C(=O)O)cc3)C2)cc1OC. The lowest BCUT2D eigenvalue weighted by atomic mass is 10.0. The summed E-state index contributed by atoms with van der Waals surface area (Å²) in [6.45, 7) is 2.13. The molecule has 11 nitrogen and oxygen atoms in total. The number of amides is 3. The number of urea groups is 1. The number of aromatic carboxylic acids is 1. The summed E-state index contributed by atoms with van der Waals surface area (Å²) < 4.78 is 10.7. The average molecular weight is 563 g/mol. The van der Waals surface area contributed by atoms with Crippen LogP contribution in [0.2, 0.25) is 0 Å². The van der Waals surface area contributed by atoms with Crippen molar-refractivity contribution >= 4 is 23.6 Å². The van der Waals surface area contributed by atoms with Gasteiger partial charge in [0.25, 0.3) is 0 Å². The summed E-state index contributed by atoms with van der Waals surface area (Å²) in [5.74, 6) is 0.0311. The molecule has 0 spiro atoms. The molecule has 5 N–H and O–H groups in total. The number of hydrogen-bond donors (Lipinski definition) is 5. The summed E-state index contributed by atoms with van der Waals surface area (Å²) in [4.78, 5) is 39.5. The second-order valence-electron chi connectivity index (χ2n) is 9.82. The molecule has 3 amide bonds. The number of phenols is 1. The van der Waals surface area contributed by atoms with Gasteiger partial charge in [-0.2, -0.15) is 0 Å². The fourth-order valence-electron chi connectivity index (χ4n) is 4.73. The zero-order chi connectivity index (χ0) is 29.4. The normalized spacial score (nSPS) is 15.5. The van der Waals surface area contributed by atoms with Crippen molar-refractivity contribution in [2.75, 3.05) is 32.6 Å². The Morgan fingerprint density at radius 3 is 2.29 bits per heavy atom. The van der Waals surface area contributed by atoms with Crippen LogP contribution in [0.3, 0.4) is 0 Å². The summed E-state index contributed by atoms with van der Waals surface area (Å²) in [7, 11) is 3.19. The van der Waals surface area contributed by atoms with Gasteiger partial charge in [0.05, 0.1) is 19.8 Å². The van der Waals surface area contributed by atoms with E-state index in [0.717, 1.165) is 24.1 Å². The van der Waals surface area contributed by atoms with Crippen LogP contribution < -0.4 is 25.4 Å². The number of aromatic hydroxyl groups is 1. The number of carbonyl (C=O) groups excluding carboxylic acids is 2. The van der Waals surface area contributed by atoms with E-state index < -0.39 is 18.0 Å². The summed E-state index contributed by atoms with van der Waals surface area (Å²) in [6.07, 6.45) is 0.965. The van der Waals surface area contributed by atoms with E-state index in [1.165, 1.54) is 36.4 Å². The Morgan fingerprint density at radius 2 is 1.63 bits per heavy atom. The van der Waals surface area contributed by atoms with Crippen molar-refractivity contribution in [2.24, 2.45) is 0 Å². The number of hydrogen-bond acceptors (Lipinski definition) is 7. The Morgan fingerprint density at radius 1 is 0.951 bits per heavy atom. The van der Waals surface area contributed by atoms with Gasteiger partial charge in [0.1, 0.15) is 11.8 Å². The van der Waals surface area contributed by atoms with Crippen LogP contribution in [0.5, 0.6) is 17.2 Å². The van der Waals surface area contributed by atoms with Crippen LogP contribution in [0.25, 0.3) is 0 Å². The van der Waals surface area contributed by atoms with Gasteiger partial charge in [0, 0.05) is 37.8 Å². The standard InChI is InChI=1S/C30H34N4O7/c1-40-26-12-5-20(16-27(26)41-2)17-34-14-13-23(18-34)31-28(36)25(15-19-3-10-24(35)11-4-19)33-30(39)32-22-8-6-21(7-9-22)29(37)38/h3-12,16,23,25,35H,13-15,17-18H2,1-2H3,(H,31,36)(H,37,38)(H2,32,33,39)/t23?,25-/m0/s1. The lowest BCUT2D eigenvalue weighted by Crippen LogP contribution is -2.52. The molecule has 0 radical (unpaired) electrons. The minimum absolute atomic E-state index is 0.0947. The van der Waals surface area contributed by atoms with E-state index in [-0.39, 0.29) is 29.7 Å². The van der Waals surface area contributed by atoms with Crippen molar-refractivity contribution in [3.8, 4) is 17.2 Å². The maximum atomic E-state index is 13.4. The molecule has 1 saturated heterocycles. The fraction of sp³-hybridized carbons (Fsp3) is 0.300. The first kappa shape index (κ1) is 29.2. The second kappa shape index (κ2) is 13.5. The van der Waals surface area contributed by atoms with Gasteiger partial charge in [0.2, 0.25) is 5.91 Å². The monoisotopic (exact) mass is 562 g/mol. The second-order valence-corrected chi connectivity index (χ2v) is 9.82. The van der Waals surface area contributed by atoms with E-state index in [1.807, 2.05) is 18.2 Å². The first-order chi connectivity index (χ1) is 19.7. The third kappa shape index (κ3) is 8.12. The van der Waals surface area contributed by atoms with Gasteiger partial charge in [-0.3, -0.25) is 9.69 Å². The first-order valence-corrected chi connectivity index (χ1v) is 13.2. The number of ether oxygens (including phenoxy) is 2. The van der Waals surface area contributed by atoms with Gasteiger partial charge in [-0.25, -0.2) is 9.59 Å². The predicted octanol–water partition coefficient (Wildman–Crippen LogP) is 3.23. The van der Waals surface area contributed by atoms with Crippen molar-refractivity contribution in [3.05, 3.63) is 83.4 Å². The highest BCUT2D eigenvalue weighted by atomic mass is 16.5. The van der Waals surface area contributed by atoms with E-state index in [9.17, 15) is 19.5 Å². The van der Waals surface area contributed by atoms with Gasteiger partial charge in [-0.05, 0) is 66.1 Å². The molecule has 11 heteroatoms. The Bertz CT molecular complexity index is 1360. The van der Waals surface area contributed by atoms with E-state index in [4.69, 9.17) is 14.6 Å². The van der Waals surface area contributed by atoms with Crippen LogP contribution in [0.1, 0.15) is 27.9 Å². The molecule has 3 aromatic rings. The smallest absolute Gasteiger partial charge is 0.335 e. The van der Waals surface area contributed by atoms with Crippen LogP contribution >= 0.6 is 0 Å². The molecule has 1 unspecified atom stereocenters. The number of nitrogens with one attached hydrogen (secondary N) is 3. The molecule has 41 heavy (non-hydrogen) atoms. The van der Waals surface area contributed by atoms with Crippen molar-refractivity contribution < 1.29 is 34.1 Å². The number of methoxy groups -OCH3 is 2. The molecule has 1 heterocycles. The topological polar surface area (TPSA) is 149 Å². The van der Waals surface area contributed by atoms with Crippen LogP contribution in [-0.2, 0) is 17.8 Å². The summed E-state index contributed by atoms with van der Waals surface area (Å²) in [5, 5.41) is 27.1. The number of carboxylic acids is 1. The van der Waals surface area contributed by atoms with Gasteiger partial charge in [-0.1, -0.05) is 18.2 Å². The maximum Gasteiger partial charge on any atom is 0.335 e. The number of carbonyl (C=O) groups is 3. The zero-order valence-corrected chi connectivity index (χ0v) is 22.9. The Balaban J connectivity index is 1.38. The number of carboxylic acid groups (broad SMARTS) is 1. The molecule has 0 aromatic heterocycles. The highest BCUT2D eigenvalue weighted by Gasteiger charge is 2.28. The number of likely N-dealkylation sites (tertiary alicyclic amines) is 1. The lowest BCUT2D eigenvalue weighted by molar-refractivity contribution is -0.123. The minimum atomic E-state index is -1.07. The average Bonchev–Trinajstić information content (AvgIpc) is 3.40. The van der Waals surface area contributed by atoms with Crippen molar-refractivity contribution in [2.45, 2.75) is 31.5 Å². The van der Waals surface area contributed by atoms with E-state index in [2.05, 4.69) is 20.9 Å². The van der Waals surface area contributed by atoms with Gasteiger partial charge in [0.15, 0.2) is 11.5 Å². The molecule has 4 rings (SSSR count). The maximum absolute atomic E-state index is 13.4. The van der Waals surface area contributed by atoms with Crippen LogP contribution in [0, 0.1) is 0 Å². The molecule has 1 fully saturated rings. The molecule has 3 aromatic carbocycles. The van der Waals surface area contributed by atoms with Crippen LogP contribution in [0.4, 0.5) is 10.5 Å². The molecule has 1 aliphatic rings. The summed E-state index contributed by atoms with van der Waals surface area (Å²) in [6, 6.07) is 16.4. The quantitative estimate of drug-likeness (QED) is 0.239. The lowest BCUT2D eigenvalue weighted by Gasteiger charge is -2.22. The molecule has 216 valence electrons. The molecule has 0 bridgehead atoms. The van der Waals surface area contributed by atoms with Crippen molar-refractivity contribution in [1.29, 1.82) is 0 Å². The van der Waals surface area contributed by atoms with E-state index in [1.54, 1.807) is 26.4 Å². The summed E-state index contributed by atoms with van der Waals surface area (Å²) in [5.41, 5.74) is 2.31. The third-order valence-electron chi connectivity index (χ3n) is 6.86. The number of benzene rings is 3. The molecule has 0 saturated carbocycles. The first-order valence-electron chi connectivity index (χ1n) is 13.2. The van der Waals surface area contributed by atoms with Crippen molar-refractivity contribution in [3.63, 3.8) is 0 Å². The number of anilines is 1. The van der Waals surface area contributed by atoms with Crippen molar-refractivity contribution in [1.82, 2.24) is 15.5 Å². The van der Waals surface area contributed by atoms with Gasteiger partial charge in [-0.15, -0.1) is 0 Å². The largest absolute Gasteiger partial charge is 0.508 e. The number of phenolic OH excluding ortho intramolecular Hbond substituents is 1. The Hall–Kier alpha value is -4.77. The molecule has 2 atom stereocenters. The zero-order valence-electron chi connectivity index (χ0n) is 22.9. The minimum Gasteiger partial charge on any atom is -0.508 e.